The molecule has 0 aliphatic rings. The Hall–Kier alpha value is -1.38. The largest absolute Gasteiger partial charge is 0.323 e. The zero-order valence-electron chi connectivity index (χ0n) is 7.20. The van der Waals surface area contributed by atoms with Gasteiger partial charge in [0.1, 0.15) is 0 Å². The van der Waals surface area contributed by atoms with Gasteiger partial charge < -0.3 is 5.84 Å². The molecule has 12 heavy (non-hydrogen) atoms. The zero-order valence-corrected chi connectivity index (χ0v) is 7.20. The van der Waals surface area contributed by atoms with Crippen LogP contribution in [-0.2, 0) is 0 Å². The summed E-state index contributed by atoms with van der Waals surface area (Å²) in [5, 5.41) is 3.70. The van der Waals surface area contributed by atoms with Gasteiger partial charge in [0.25, 0.3) is 0 Å². The lowest BCUT2D eigenvalue weighted by molar-refractivity contribution is 0.975. The smallest absolute Gasteiger partial charge is 0.0862 e. The van der Waals surface area contributed by atoms with Crippen LogP contribution in [0.25, 0.3) is 0 Å². The van der Waals surface area contributed by atoms with Crippen LogP contribution in [0.2, 0.25) is 0 Å². The Morgan fingerprint density at radius 2 is 2.42 bits per heavy atom. The fourth-order valence-corrected chi connectivity index (χ4v) is 1.03. The van der Waals surface area contributed by atoms with Gasteiger partial charge in [0, 0.05) is 6.20 Å². The molecule has 3 heteroatoms. The van der Waals surface area contributed by atoms with E-state index in [9.17, 15) is 0 Å². The molecule has 0 saturated heterocycles. The van der Waals surface area contributed by atoms with Crippen molar-refractivity contribution in [2.24, 2.45) is 10.9 Å². The highest BCUT2D eigenvalue weighted by Gasteiger charge is 2.01. The number of nitrogens with zero attached hydrogens (tertiary/aromatic N) is 2. The van der Waals surface area contributed by atoms with E-state index in [1.165, 1.54) is 0 Å². The summed E-state index contributed by atoms with van der Waals surface area (Å²) < 4.78 is 0. The molecule has 1 aromatic rings. The Bertz CT molecular complexity index is 254. The molecule has 0 fully saturated rings. The standard InChI is InChI=1S/C9H13N3/c1-2-5-9(12-10)8-6-3-4-7-11-8/h3-4,6-7H,2,5,10H2,1H3. The van der Waals surface area contributed by atoms with E-state index in [0.717, 1.165) is 24.2 Å². The summed E-state index contributed by atoms with van der Waals surface area (Å²) in [5.74, 6) is 5.24. The van der Waals surface area contributed by atoms with Crippen molar-refractivity contribution >= 4 is 5.71 Å². The lowest BCUT2D eigenvalue weighted by atomic mass is 10.1. The number of nitrogens with two attached hydrogens (primary N) is 1. The second-order valence-corrected chi connectivity index (χ2v) is 2.54. The van der Waals surface area contributed by atoms with Crippen LogP contribution >= 0.6 is 0 Å². The van der Waals surface area contributed by atoms with E-state index in [0.29, 0.717) is 0 Å². The van der Waals surface area contributed by atoms with Gasteiger partial charge in [-0.15, -0.1) is 0 Å². The SMILES string of the molecule is CCCC(=NN)c1ccccn1. The Kier molecular flexibility index (Phi) is 3.26. The molecule has 0 aliphatic heterocycles. The predicted octanol–water partition coefficient (Wildman–Crippen LogP) is 1.54. The topological polar surface area (TPSA) is 51.3 Å². The van der Waals surface area contributed by atoms with Gasteiger partial charge in [-0.25, -0.2) is 0 Å². The molecule has 0 aromatic carbocycles. The molecule has 0 amide bonds. The van der Waals surface area contributed by atoms with Gasteiger partial charge in [-0.2, -0.15) is 5.10 Å². The number of hydrazone groups is 1. The van der Waals surface area contributed by atoms with Gasteiger partial charge in [-0.3, -0.25) is 4.98 Å². The van der Waals surface area contributed by atoms with Crippen LogP contribution in [0.4, 0.5) is 0 Å². The first-order chi connectivity index (χ1) is 5.88. The minimum absolute atomic E-state index is 0.873. The molecule has 1 heterocycles. The minimum atomic E-state index is 0.873. The average molecular weight is 163 g/mol. The van der Waals surface area contributed by atoms with Crippen LogP contribution in [0.5, 0.6) is 0 Å². The van der Waals surface area contributed by atoms with Crippen molar-refractivity contribution in [1.82, 2.24) is 4.98 Å². The first-order valence-electron chi connectivity index (χ1n) is 4.06. The molecule has 0 bridgehead atoms. The summed E-state index contributed by atoms with van der Waals surface area (Å²) in [6.07, 6.45) is 3.66. The number of pyridine rings is 1. The van der Waals surface area contributed by atoms with Crippen molar-refractivity contribution in [3.63, 3.8) is 0 Å². The van der Waals surface area contributed by atoms with Crippen molar-refractivity contribution < 1.29 is 0 Å². The normalized spacial score (nSPS) is 11.6. The number of hydrogen-bond acceptors (Lipinski definition) is 3. The zero-order chi connectivity index (χ0) is 8.81. The summed E-state index contributed by atoms with van der Waals surface area (Å²) in [6, 6.07) is 5.73. The fraction of sp³-hybridized carbons (Fsp3) is 0.333. The predicted molar refractivity (Wildman–Crippen MR) is 49.9 cm³/mol. The lowest BCUT2D eigenvalue weighted by Crippen LogP contribution is -2.05. The molecular formula is C9H13N3. The quantitative estimate of drug-likeness (QED) is 0.417. The highest BCUT2D eigenvalue weighted by molar-refractivity contribution is 5.98. The van der Waals surface area contributed by atoms with Crippen molar-refractivity contribution in [2.75, 3.05) is 0 Å². The Labute approximate surface area is 72.3 Å². The molecule has 3 nitrogen and oxygen atoms in total. The molecule has 1 rings (SSSR count). The highest BCUT2D eigenvalue weighted by Crippen LogP contribution is 2.01. The Balaban J connectivity index is 2.82. The molecule has 0 unspecified atom stereocenters. The molecule has 1 aromatic heterocycles. The summed E-state index contributed by atoms with van der Waals surface area (Å²) in [4.78, 5) is 4.16. The third-order valence-electron chi connectivity index (χ3n) is 1.60. The molecular weight excluding hydrogens is 150 g/mol. The fourth-order valence-electron chi connectivity index (χ4n) is 1.03. The van der Waals surface area contributed by atoms with Crippen molar-refractivity contribution in [3.05, 3.63) is 30.1 Å². The Morgan fingerprint density at radius 1 is 1.58 bits per heavy atom. The number of aromatic nitrogens is 1. The summed E-state index contributed by atoms with van der Waals surface area (Å²) >= 11 is 0. The van der Waals surface area contributed by atoms with Crippen molar-refractivity contribution in [1.29, 1.82) is 0 Å². The van der Waals surface area contributed by atoms with Gasteiger partial charge in [0.15, 0.2) is 0 Å². The molecule has 0 spiro atoms. The molecule has 64 valence electrons. The van der Waals surface area contributed by atoms with Gasteiger partial charge in [0.05, 0.1) is 11.4 Å². The molecule has 0 atom stereocenters. The molecule has 2 N–H and O–H groups in total. The van der Waals surface area contributed by atoms with Gasteiger partial charge >= 0.3 is 0 Å². The van der Waals surface area contributed by atoms with E-state index in [2.05, 4.69) is 17.0 Å². The van der Waals surface area contributed by atoms with E-state index in [-0.39, 0.29) is 0 Å². The van der Waals surface area contributed by atoms with Crippen LogP contribution in [0.3, 0.4) is 0 Å². The van der Waals surface area contributed by atoms with E-state index in [1.54, 1.807) is 6.20 Å². The maximum Gasteiger partial charge on any atom is 0.0862 e. The minimum Gasteiger partial charge on any atom is -0.323 e. The van der Waals surface area contributed by atoms with E-state index in [4.69, 9.17) is 5.84 Å². The monoisotopic (exact) mass is 163 g/mol. The summed E-state index contributed by atoms with van der Waals surface area (Å²) in [7, 11) is 0. The van der Waals surface area contributed by atoms with E-state index in [1.807, 2.05) is 18.2 Å². The highest BCUT2D eigenvalue weighted by atomic mass is 15.1. The summed E-state index contributed by atoms with van der Waals surface area (Å²) in [5.41, 5.74) is 1.75. The van der Waals surface area contributed by atoms with Gasteiger partial charge in [-0.1, -0.05) is 19.4 Å². The summed E-state index contributed by atoms with van der Waals surface area (Å²) in [6.45, 7) is 2.09. The second kappa shape index (κ2) is 4.49. The average Bonchev–Trinajstić information content (AvgIpc) is 2.15. The third kappa shape index (κ3) is 2.05. The first-order valence-corrected chi connectivity index (χ1v) is 4.06. The molecule has 0 aliphatic carbocycles. The van der Waals surface area contributed by atoms with Crippen LogP contribution in [0.1, 0.15) is 25.5 Å². The maximum absolute atomic E-state index is 5.24. The van der Waals surface area contributed by atoms with Crippen LogP contribution in [0, 0.1) is 0 Å². The number of rotatable bonds is 3. The van der Waals surface area contributed by atoms with Gasteiger partial charge in [-0.05, 0) is 18.6 Å². The third-order valence-corrected chi connectivity index (χ3v) is 1.60. The van der Waals surface area contributed by atoms with Crippen molar-refractivity contribution in [3.8, 4) is 0 Å². The van der Waals surface area contributed by atoms with Crippen LogP contribution in [0.15, 0.2) is 29.5 Å². The molecule has 0 saturated carbocycles. The lowest BCUT2D eigenvalue weighted by Gasteiger charge is -2.00. The second-order valence-electron chi connectivity index (χ2n) is 2.54. The molecule has 0 radical (unpaired) electrons. The van der Waals surface area contributed by atoms with Gasteiger partial charge in [0.2, 0.25) is 0 Å². The van der Waals surface area contributed by atoms with Crippen LogP contribution < -0.4 is 5.84 Å². The first kappa shape index (κ1) is 8.71. The van der Waals surface area contributed by atoms with Crippen molar-refractivity contribution in [2.45, 2.75) is 19.8 Å². The van der Waals surface area contributed by atoms with E-state index < -0.39 is 0 Å². The number of hydrogen-bond donors (Lipinski definition) is 1. The maximum atomic E-state index is 5.24. The Morgan fingerprint density at radius 3 is 2.92 bits per heavy atom. The van der Waals surface area contributed by atoms with E-state index >= 15 is 0 Å². The van der Waals surface area contributed by atoms with Crippen LogP contribution in [-0.4, -0.2) is 10.7 Å².